The summed E-state index contributed by atoms with van der Waals surface area (Å²) in [4.78, 5) is 4.58. The number of aryl methyl sites for hydroxylation is 2. The van der Waals surface area contributed by atoms with E-state index in [0.29, 0.717) is 46.0 Å². The lowest BCUT2D eigenvalue weighted by molar-refractivity contribution is 0.153. The molecular formula is C17H15F2N3O2. The molecule has 1 aliphatic heterocycles. The first kappa shape index (κ1) is 14.9. The number of fused-ring (bicyclic) bond motifs is 2. The predicted octanol–water partition coefficient (Wildman–Crippen LogP) is 4.09. The maximum atomic E-state index is 13.6. The summed E-state index contributed by atoms with van der Waals surface area (Å²) in [5.74, 6) is 1.23. The van der Waals surface area contributed by atoms with E-state index in [1.807, 2.05) is 6.92 Å². The minimum atomic E-state index is -2.60. The fourth-order valence-corrected chi connectivity index (χ4v) is 2.98. The second kappa shape index (κ2) is 5.43. The molecule has 0 radical (unpaired) electrons. The number of benzene rings is 1. The molecule has 4 rings (SSSR count). The first-order valence-corrected chi connectivity index (χ1v) is 7.64. The number of pyridine rings is 1. The highest BCUT2D eigenvalue weighted by Gasteiger charge is 2.21. The Morgan fingerprint density at radius 2 is 2.00 bits per heavy atom. The number of halogens is 2. The second-order valence-corrected chi connectivity index (χ2v) is 5.57. The largest absolute Gasteiger partial charge is 0.454 e. The van der Waals surface area contributed by atoms with Crippen LogP contribution in [0.5, 0.6) is 11.5 Å². The van der Waals surface area contributed by atoms with Gasteiger partial charge in [0, 0.05) is 17.7 Å². The number of hydrogen-bond donors (Lipinski definition) is 0. The van der Waals surface area contributed by atoms with E-state index in [1.54, 1.807) is 29.8 Å². The molecule has 0 saturated carbocycles. The van der Waals surface area contributed by atoms with Crippen LogP contribution in [-0.2, 0) is 6.54 Å². The summed E-state index contributed by atoms with van der Waals surface area (Å²) in [6, 6.07) is 6.73. The number of alkyl halides is 2. The molecule has 0 N–H and O–H groups in total. The molecule has 0 atom stereocenters. The third-order valence-corrected chi connectivity index (χ3v) is 4.11. The van der Waals surface area contributed by atoms with Crippen molar-refractivity contribution >= 4 is 11.0 Å². The van der Waals surface area contributed by atoms with Crippen LogP contribution >= 0.6 is 0 Å². The summed E-state index contributed by atoms with van der Waals surface area (Å²) in [6.45, 7) is 4.35. The van der Waals surface area contributed by atoms with Gasteiger partial charge in [0.15, 0.2) is 17.1 Å². The maximum Gasteiger partial charge on any atom is 0.264 e. The van der Waals surface area contributed by atoms with Gasteiger partial charge in [-0.1, -0.05) is 0 Å². The van der Waals surface area contributed by atoms with Gasteiger partial charge in [-0.2, -0.15) is 5.10 Å². The lowest BCUT2D eigenvalue weighted by atomic mass is 10.1. The van der Waals surface area contributed by atoms with Crippen molar-refractivity contribution in [1.29, 1.82) is 0 Å². The monoisotopic (exact) mass is 331 g/mol. The molecule has 0 spiro atoms. The molecule has 0 unspecified atom stereocenters. The Bertz CT molecular complexity index is 937. The van der Waals surface area contributed by atoms with Crippen molar-refractivity contribution in [3.8, 4) is 22.8 Å². The molecule has 124 valence electrons. The number of ether oxygens (including phenoxy) is 2. The van der Waals surface area contributed by atoms with Crippen LogP contribution in [-0.4, -0.2) is 21.6 Å². The average Bonchev–Trinajstić information content (AvgIpc) is 3.17. The van der Waals surface area contributed by atoms with E-state index in [-0.39, 0.29) is 12.4 Å². The fraction of sp³-hybridized carbons (Fsp3) is 0.294. The quantitative estimate of drug-likeness (QED) is 0.725. The summed E-state index contributed by atoms with van der Waals surface area (Å²) in [5, 5.41) is 4.75. The molecule has 2 aromatic heterocycles. The van der Waals surface area contributed by atoms with E-state index in [0.717, 1.165) is 0 Å². The van der Waals surface area contributed by atoms with Crippen LogP contribution in [0.25, 0.3) is 22.3 Å². The molecule has 1 aromatic carbocycles. The predicted molar refractivity (Wildman–Crippen MR) is 84.5 cm³/mol. The molecular weight excluding hydrogens is 316 g/mol. The van der Waals surface area contributed by atoms with Gasteiger partial charge in [0.25, 0.3) is 6.43 Å². The molecule has 0 aliphatic carbocycles. The van der Waals surface area contributed by atoms with Gasteiger partial charge in [-0.25, -0.2) is 18.4 Å². The Labute approximate surface area is 136 Å². The van der Waals surface area contributed by atoms with Gasteiger partial charge in [0.2, 0.25) is 6.79 Å². The van der Waals surface area contributed by atoms with Crippen LogP contribution in [0.1, 0.15) is 24.6 Å². The standard InChI is InChI=1S/C17H15F2N3O2/c1-3-22-17-15(9(2)21-22)11(16(18)19)7-12(20-17)10-4-5-13-14(6-10)24-8-23-13/h4-7,16H,3,8H2,1-2H3. The fourth-order valence-electron chi connectivity index (χ4n) is 2.98. The van der Waals surface area contributed by atoms with Gasteiger partial charge in [0.1, 0.15) is 0 Å². The molecule has 7 heteroatoms. The van der Waals surface area contributed by atoms with Crippen LogP contribution in [0.3, 0.4) is 0 Å². The van der Waals surface area contributed by atoms with Crippen LogP contribution in [0.15, 0.2) is 24.3 Å². The van der Waals surface area contributed by atoms with Gasteiger partial charge in [-0.05, 0) is 38.1 Å². The number of nitrogens with zero attached hydrogens (tertiary/aromatic N) is 3. The Kier molecular flexibility index (Phi) is 3.37. The summed E-state index contributed by atoms with van der Waals surface area (Å²) in [7, 11) is 0. The Morgan fingerprint density at radius 1 is 1.21 bits per heavy atom. The summed E-state index contributed by atoms with van der Waals surface area (Å²) >= 11 is 0. The zero-order chi connectivity index (χ0) is 16.8. The molecule has 0 fully saturated rings. The van der Waals surface area contributed by atoms with Crippen LogP contribution in [0.4, 0.5) is 8.78 Å². The van der Waals surface area contributed by atoms with Crippen molar-refractivity contribution in [2.24, 2.45) is 0 Å². The highest BCUT2D eigenvalue weighted by molar-refractivity contribution is 5.85. The molecule has 0 bridgehead atoms. The molecule has 5 nitrogen and oxygen atoms in total. The lowest BCUT2D eigenvalue weighted by Crippen LogP contribution is -1.99. The summed E-state index contributed by atoms with van der Waals surface area (Å²) in [6.07, 6.45) is -2.60. The van der Waals surface area contributed by atoms with Gasteiger partial charge in [-0.15, -0.1) is 0 Å². The topological polar surface area (TPSA) is 49.2 Å². The SMILES string of the molecule is CCn1nc(C)c2c(C(F)F)cc(-c3ccc4c(c3)OCO4)nc21. The lowest BCUT2D eigenvalue weighted by Gasteiger charge is -2.08. The zero-order valence-corrected chi connectivity index (χ0v) is 13.2. The van der Waals surface area contributed by atoms with Crippen molar-refractivity contribution in [3.05, 3.63) is 35.5 Å². The minimum Gasteiger partial charge on any atom is -0.454 e. The third-order valence-electron chi connectivity index (χ3n) is 4.11. The normalized spacial score (nSPS) is 13.2. The summed E-state index contributed by atoms with van der Waals surface area (Å²) < 4.78 is 39.5. The highest BCUT2D eigenvalue weighted by Crippen LogP contribution is 2.38. The van der Waals surface area contributed by atoms with E-state index in [1.165, 1.54) is 6.07 Å². The molecule has 0 amide bonds. The number of rotatable bonds is 3. The average molecular weight is 331 g/mol. The van der Waals surface area contributed by atoms with Gasteiger partial charge in [-0.3, -0.25) is 0 Å². The number of aromatic nitrogens is 3. The Morgan fingerprint density at radius 3 is 2.75 bits per heavy atom. The van der Waals surface area contributed by atoms with Crippen molar-refractivity contribution < 1.29 is 18.3 Å². The smallest absolute Gasteiger partial charge is 0.264 e. The van der Waals surface area contributed by atoms with Crippen molar-refractivity contribution in [2.75, 3.05) is 6.79 Å². The van der Waals surface area contributed by atoms with Gasteiger partial charge >= 0.3 is 0 Å². The van der Waals surface area contributed by atoms with Crippen LogP contribution < -0.4 is 9.47 Å². The summed E-state index contributed by atoms with van der Waals surface area (Å²) in [5.41, 5.74) is 2.15. The van der Waals surface area contributed by atoms with E-state index in [9.17, 15) is 8.78 Å². The first-order valence-electron chi connectivity index (χ1n) is 7.64. The zero-order valence-electron chi connectivity index (χ0n) is 13.2. The molecule has 1 aliphatic rings. The van der Waals surface area contributed by atoms with Crippen molar-refractivity contribution in [1.82, 2.24) is 14.8 Å². The van der Waals surface area contributed by atoms with Gasteiger partial charge in [0.05, 0.1) is 16.8 Å². The van der Waals surface area contributed by atoms with Gasteiger partial charge < -0.3 is 9.47 Å². The maximum absolute atomic E-state index is 13.6. The minimum absolute atomic E-state index is 0.0510. The molecule has 3 aromatic rings. The van der Waals surface area contributed by atoms with E-state index in [2.05, 4.69) is 10.1 Å². The van der Waals surface area contributed by atoms with E-state index >= 15 is 0 Å². The van der Waals surface area contributed by atoms with Crippen LogP contribution in [0.2, 0.25) is 0 Å². The second-order valence-electron chi connectivity index (χ2n) is 5.57. The first-order chi connectivity index (χ1) is 11.6. The van der Waals surface area contributed by atoms with E-state index < -0.39 is 6.43 Å². The number of hydrogen-bond acceptors (Lipinski definition) is 4. The molecule has 0 saturated heterocycles. The Hall–Kier alpha value is -2.70. The van der Waals surface area contributed by atoms with Crippen molar-refractivity contribution in [3.63, 3.8) is 0 Å². The third kappa shape index (κ3) is 2.19. The van der Waals surface area contributed by atoms with Crippen molar-refractivity contribution in [2.45, 2.75) is 26.8 Å². The van der Waals surface area contributed by atoms with E-state index in [4.69, 9.17) is 9.47 Å². The highest BCUT2D eigenvalue weighted by atomic mass is 19.3. The van der Waals surface area contributed by atoms with Crippen LogP contribution in [0, 0.1) is 6.92 Å². The molecule has 3 heterocycles. The Balaban J connectivity index is 1.96. The molecule has 24 heavy (non-hydrogen) atoms.